The van der Waals surface area contributed by atoms with Crippen LogP contribution in [0, 0.1) is 11.6 Å². The maximum atomic E-state index is 13.5. The molecule has 0 heterocycles. The van der Waals surface area contributed by atoms with E-state index in [0.29, 0.717) is 4.47 Å². The number of esters is 1. The first kappa shape index (κ1) is 13.8. The third-order valence-corrected chi connectivity index (χ3v) is 2.46. The number of carbonyl (C=O) groups is 1. The molecule has 0 saturated carbocycles. The molecule has 0 fully saturated rings. The van der Waals surface area contributed by atoms with Crippen LogP contribution in [-0.4, -0.2) is 12.6 Å². The molecule has 0 amide bonds. The lowest BCUT2D eigenvalue weighted by atomic mass is 10.1. The molecule has 0 saturated heterocycles. The van der Waals surface area contributed by atoms with Crippen molar-refractivity contribution in [3.05, 3.63) is 39.4 Å². The summed E-state index contributed by atoms with van der Waals surface area (Å²) in [6.45, 7) is 3.32. The molecule has 0 aromatic heterocycles. The molecule has 5 heteroatoms. The molecule has 0 bridgehead atoms. The van der Waals surface area contributed by atoms with Gasteiger partial charge in [0.25, 0.3) is 0 Å². The zero-order valence-corrected chi connectivity index (χ0v) is 11.0. The summed E-state index contributed by atoms with van der Waals surface area (Å²) in [5.41, 5.74) is -0.106. The third-order valence-electron chi connectivity index (χ3n) is 2.00. The van der Waals surface area contributed by atoms with E-state index in [1.54, 1.807) is 6.92 Å². The highest BCUT2D eigenvalue weighted by Crippen LogP contribution is 2.21. The Morgan fingerprint density at radius 3 is 2.41 bits per heavy atom. The zero-order chi connectivity index (χ0) is 13.0. The third kappa shape index (κ3) is 3.63. The lowest BCUT2D eigenvalue weighted by molar-refractivity contribution is -0.138. The highest BCUT2D eigenvalue weighted by atomic mass is 79.9. The summed E-state index contributed by atoms with van der Waals surface area (Å²) in [6.07, 6.45) is 1.13. The molecule has 1 aromatic carbocycles. The van der Waals surface area contributed by atoms with Gasteiger partial charge in [0.05, 0.1) is 6.61 Å². The number of carbonyl (C=O) groups excluding carboxylic acids is 1. The molecule has 1 aromatic rings. The minimum atomic E-state index is -0.736. The fourth-order valence-electron chi connectivity index (χ4n) is 1.21. The second-order valence-corrected chi connectivity index (χ2v) is 4.25. The van der Waals surface area contributed by atoms with E-state index >= 15 is 0 Å². The first-order valence-electron chi connectivity index (χ1n) is 4.95. The summed E-state index contributed by atoms with van der Waals surface area (Å²) < 4.78 is 31.9. The molecule has 0 atom stereocenters. The van der Waals surface area contributed by atoms with Gasteiger partial charge in [0.1, 0.15) is 11.6 Å². The van der Waals surface area contributed by atoms with Gasteiger partial charge in [0, 0.05) is 15.6 Å². The highest BCUT2D eigenvalue weighted by molar-refractivity contribution is 9.10. The van der Waals surface area contributed by atoms with Gasteiger partial charge in [-0.25, -0.2) is 13.6 Å². The smallest absolute Gasteiger partial charge is 0.333 e. The first-order chi connectivity index (χ1) is 7.95. The van der Waals surface area contributed by atoms with Gasteiger partial charge < -0.3 is 4.74 Å². The van der Waals surface area contributed by atoms with E-state index in [-0.39, 0.29) is 17.7 Å². The first-order valence-corrected chi connectivity index (χ1v) is 5.75. The summed E-state index contributed by atoms with van der Waals surface area (Å²) in [5.74, 6) is -2.06. The van der Waals surface area contributed by atoms with Crippen molar-refractivity contribution in [3.8, 4) is 0 Å². The quantitative estimate of drug-likeness (QED) is 0.629. The molecule has 0 spiro atoms. The van der Waals surface area contributed by atoms with E-state index < -0.39 is 17.6 Å². The average Bonchev–Trinajstić information content (AvgIpc) is 2.23. The van der Waals surface area contributed by atoms with Crippen molar-refractivity contribution in [2.24, 2.45) is 0 Å². The average molecular weight is 305 g/mol. The Hall–Kier alpha value is -1.23. The maximum Gasteiger partial charge on any atom is 0.333 e. The van der Waals surface area contributed by atoms with Crippen LogP contribution in [0.5, 0.6) is 0 Å². The van der Waals surface area contributed by atoms with Gasteiger partial charge in [-0.05, 0) is 32.1 Å². The van der Waals surface area contributed by atoms with Crippen LogP contribution in [0.3, 0.4) is 0 Å². The maximum absolute atomic E-state index is 13.5. The molecule has 0 N–H and O–H groups in total. The standard InChI is InChI=1S/C12H11BrF2O2/c1-3-17-12(16)7(2)4-9-10(14)5-8(13)6-11(9)15/h4-6H,3H2,1-2H3/b7-4+. The van der Waals surface area contributed by atoms with E-state index in [4.69, 9.17) is 4.74 Å². The molecule has 0 aliphatic heterocycles. The lowest BCUT2D eigenvalue weighted by Gasteiger charge is -2.04. The van der Waals surface area contributed by atoms with E-state index in [1.165, 1.54) is 6.92 Å². The fourth-order valence-corrected chi connectivity index (χ4v) is 1.61. The summed E-state index contributed by atoms with van der Waals surface area (Å²) in [6, 6.07) is 2.26. The summed E-state index contributed by atoms with van der Waals surface area (Å²) in [5, 5.41) is 0. The molecule has 2 nitrogen and oxygen atoms in total. The monoisotopic (exact) mass is 304 g/mol. The lowest BCUT2D eigenvalue weighted by Crippen LogP contribution is -2.05. The number of hydrogen-bond donors (Lipinski definition) is 0. The van der Waals surface area contributed by atoms with Crippen LogP contribution in [0.1, 0.15) is 19.4 Å². The number of halogens is 3. The summed E-state index contributed by atoms with van der Waals surface area (Å²) in [4.78, 5) is 11.3. The highest BCUT2D eigenvalue weighted by Gasteiger charge is 2.11. The largest absolute Gasteiger partial charge is 0.463 e. The van der Waals surface area contributed by atoms with E-state index in [0.717, 1.165) is 18.2 Å². The fraction of sp³-hybridized carbons (Fsp3) is 0.250. The molecule has 0 aliphatic rings. The van der Waals surface area contributed by atoms with Gasteiger partial charge in [0.15, 0.2) is 0 Å². The number of rotatable bonds is 3. The molecule has 17 heavy (non-hydrogen) atoms. The van der Waals surface area contributed by atoms with Gasteiger partial charge in [-0.15, -0.1) is 0 Å². The van der Waals surface area contributed by atoms with E-state index in [9.17, 15) is 13.6 Å². The molecule has 92 valence electrons. The molecule has 0 unspecified atom stereocenters. The molecule has 1 rings (SSSR count). The number of hydrogen-bond acceptors (Lipinski definition) is 2. The Morgan fingerprint density at radius 2 is 1.94 bits per heavy atom. The Morgan fingerprint density at radius 1 is 1.41 bits per heavy atom. The van der Waals surface area contributed by atoms with Crippen molar-refractivity contribution in [2.45, 2.75) is 13.8 Å². The molecule has 0 aliphatic carbocycles. The van der Waals surface area contributed by atoms with Crippen molar-refractivity contribution >= 4 is 28.0 Å². The van der Waals surface area contributed by atoms with Gasteiger partial charge in [-0.2, -0.15) is 0 Å². The van der Waals surface area contributed by atoms with Crippen LogP contribution >= 0.6 is 15.9 Å². The minimum absolute atomic E-state index is 0.145. The Bertz CT molecular complexity index is 447. The van der Waals surface area contributed by atoms with E-state index in [2.05, 4.69) is 15.9 Å². The van der Waals surface area contributed by atoms with Crippen LogP contribution in [0.15, 0.2) is 22.2 Å². The van der Waals surface area contributed by atoms with Crippen LogP contribution in [0.4, 0.5) is 8.78 Å². The van der Waals surface area contributed by atoms with Crippen molar-refractivity contribution < 1.29 is 18.3 Å². The Labute approximate surface area is 106 Å². The zero-order valence-electron chi connectivity index (χ0n) is 9.39. The molecular weight excluding hydrogens is 294 g/mol. The second kappa shape index (κ2) is 5.91. The van der Waals surface area contributed by atoms with Crippen molar-refractivity contribution in [3.63, 3.8) is 0 Å². The summed E-state index contributed by atoms with van der Waals surface area (Å²) in [7, 11) is 0. The van der Waals surface area contributed by atoms with Crippen LogP contribution in [0.2, 0.25) is 0 Å². The van der Waals surface area contributed by atoms with Gasteiger partial charge >= 0.3 is 5.97 Å². The van der Waals surface area contributed by atoms with Gasteiger partial charge in [-0.1, -0.05) is 15.9 Å². The van der Waals surface area contributed by atoms with Gasteiger partial charge in [0.2, 0.25) is 0 Å². The van der Waals surface area contributed by atoms with Crippen LogP contribution in [-0.2, 0) is 9.53 Å². The molecular formula is C12H11BrF2O2. The topological polar surface area (TPSA) is 26.3 Å². The van der Waals surface area contributed by atoms with Crippen molar-refractivity contribution in [1.29, 1.82) is 0 Å². The SMILES string of the molecule is CCOC(=O)/C(C)=C/c1c(F)cc(Br)cc1F. The van der Waals surface area contributed by atoms with Crippen molar-refractivity contribution in [1.82, 2.24) is 0 Å². The predicted molar refractivity (Wildman–Crippen MR) is 64.3 cm³/mol. The minimum Gasteiger partial charge on any atom is -0.463 e. The molecule has 0 radical (unpaired) electrons. The second-order valence-electron chi connectivity index (χ2n) is 3.33. The van der Waals surface area contributed by atoms with E-state index in [1.807, 2.05) is 0 Å². The van der Waals surface area contributed by atoms with Crippen molar-refractivity contribution in [2.75, 3.05) is 6.61 Å². The summed E-state index contributed by atoms with van der Waals surface area (Å²) >= 11 is 2.97. The number of ether oxygens (including phenoxy) is 1. The predicted octanol–water partition coefficient (Wildman–Crippen LogP) is 3.69. The number of benzene rings is 1. The van der Waals surface area contributed by atoms with Gasteiger partial charge in [-0.3, -0.25) is 0 Å². The normalized spacial score (nSPS) is 11.5. The van der Waals surface area contributed by atoms with Crippen LogP contribution < -0.4 is 0 Å². The Kier molecular flexibility index (Phi) is 4.81. The Balaban J connectivity index is 3.10. The van der Waals surface area contributed by atoms with Crippen LogP contribution in [0.25, 0.3) is 6.08 Å².